The summed E-state index contributed by atoms with van der Waals surface area (Å²) in [7, 11) is 0. The molecule has 1 saturated carbocycles. The highest BCUT2D eigenvalue weighted by Gasteiger charge is 2.32. The molecule has 6 heteroatoms. The lowest BCUT2D eigenvalue weighted by Crippen LogP contribution is -2.53. The van der Waals surface area contributed by atoms with Crippen molar-refractivity contribution >= 4 is 11.8 Å². The van der Waals surface area contributed by atoms with E-state index in [0.717, 1.165) is 19.3 Å². The van der Waals surface area contributed by atoms with Crippen LogP contribution in [-0.2, 0) is 4.79 Å². The second-order valence-electron chi connectivity index (χ2n) is 6.68. The zero-order chi connectivity index (χ0) is 16.9. The van der Waals surface area contributed by atoms with E-state index in [-0.39, 0.29) is 24.1 Å². The van der Waals surface area contributed by atoms with Crippen molar-refractivity contribution in [2.45, 2.75) is 57.6 Å². The number of carbonyl (C=O) groups is 2. The number of aliphatic hydroxyl groups is 1. The quantitative estimate of drug-likeness (QED) is 0.745. The van der Waals surface area contributed by atoms with Crippen molar-refractivity contribution in [2.75, 3.05) is 6.54 Å². The molecule has 1 aromatic heterocycles. The molecular formula is C17H26N2O4. The fourth-order valence-corrected chi connectivity index (χ4v) is 2.90. The number of nitrogens with one attached hydrogen (secondary N) is 2. The van der Waals surface area contributed by atoms with Gasteiger partial charge in [0.05, 0.1) is 11.9 Å². The molecule has 128 valence electrons. The van der Waals surface area contributed by atoms with Crippen LogP contribution in [-0.4, -0.2) is 35.1 Å². The second kappa shape index (κ2) is 7.64. The largest absolute Gasteiger partial charge is 0.459 e. The number of hydrogen-bond donors (Lipinski definition) is 3. The highest BCUT2D eigenvalue weighted by molar-refractivity contribution is 5.95. The van der Waals surface area contributed by atoms with Crippen LogP contribution in [0.5, 0.6) is 0 Å². The Morgan fingerprint density at radius 2 is 2.00 bits per heavy atom. The molecule has 1 fully saturated rings. The summed E-state index contributed by atoms with van der Waals surface area (Å²) < 4.78 is 5.04. The van der Waals surface area contributed by atoms with Crippen LogP contribution in [0.4, 0.5) is 0 Å². The smallest absolute Gasteiger partial charge is 0.287 e. The normalized spacial score (nSPS) is 18.4. The molecule has 1 aliphatic carbocycles. The Bertz CT molecular complexity index is 519. The minimum Gasteiger partial charge on any atom is -0.459 e. The number of carbonyl (C=O) groups excluding carboxylic acids is 2. The summed E-state index contributed by atoms with van der Waals surface area (Å²) in [5, 5.41) is 15.9. The molecule has 1 aromatic rings. The Balaban J connectivity index is 1.91. The van der Waals surface area contributed by atoms with Crippen molar-refractivity contribution in [2.24, 2.45) is 5.92 Å². The molecule has 1 atom stereocenters. The van der Waals surface area contributed by atoms with Gasteiger partial charge < -0.3 is 20.2 Å². The van der Waals surface area contributed by atoms with Gasteiger partial charge in [0.1, 0.15) is 6.04 Å². The molecule has 2 rings (SSSR count). The van der Waals surface area contributed by atoms with Gasteiger partial charge in [0.25, 0.3) is 5.91 Å². The first-order chi connectivity index (χ1) is 10.9. The third-order valence-electron chi connectivity index (χ3n) is 4.36. The number of rotatable bonds is 6. The van der Waals surface area contributed by atoms with Crippen molar-refractivity contribution in [3.63, 3.8) is 0 Å². The van der Waals surface area contributed by atoms with E-state index in [2.05, 4.69) is 10.6 Å². The van der Waals surface area contributed by atoms with Crippen LogP contribution in [0, 0.1) is 5.92 Å². The van der Waals surface area contributed by atoms with Gasteiger partial charge in [0, 0.05) is 6.54 Å². The fourth-order valence-electron chi connectivity index (χ4n) is 2.90. The lowest BCUT2D eigenvalue weighted by atomic mass is 9.85. The highest BCUT2D eigenvalue weighted by atomic mass is 16.3. The lowest BCUT2D eigenvalue weighted by Gasteiger charge is -2.33. The van der Waals surface area contributed by atoms with E-state index >= 15 is 0 Å². The maximum absolute atomic E-state index is 12.4. The minimum absolute atomic E-state index is 0.0742. The van der Waals surface area contributed by atoms with Crippen molar-refractivity contribution < 1.29 is 19.1 Å². The Hall–Kier alpha value is -1.82. The van der Waals surface area contributed by atoms with Crippen molar-refractivity contribution in [1.29, 1.82) is 0 Å². The average molecular weight is 322 g/mol. The first-order valence-corrected chi connectivity index (χ1v) is 8.26. The maximum atomic E-state index is 12.4. The van der Waals surface area contributed by atoms with E-state index in [1.807, 2.05) is 13.8 Å². The van der Waals surface area contributed by atoms with Gasteiger partial charge in [-0.15, -0.1) is 0 Å². The summed E-state index contributed by atoms with van der Waals surface area (Å²) in [4.78, 5) is 24.5. The highest BCUT2D eigenvalue weighted by Crippen LogP contribution is 2.27. The minimum atomic E-state index is -0.819. The molecule has 2 amide bonds. The number of amides is 2. The number of hydrogen-bond acceptors (Lipinski definition) is 4. The van der Waals surface area contributed by atoms with E-state index in [1.54, 1.807) is 12.1 Å². The average Bonchev–Trinajstić information content (AvgIpc) is 3.05. The van der Waals surface area contributed by atoms with Gasteiger partial charge in [-0.1, -0.05) is 33.1 Å². The third-order valence-corrected chi connectivity index (χ3v) is 4.36. The Labute approximate surface area is 136 Å². The van der Waals surface area contributed by atoms with Crippen LogP contribution in [0.3, 0.4) is 0 Å². The SMILES string of the molecule is CC(C)C(NC(=O)c1ccco1)C(=O)NCC1(O)CCCCC1. The molecule has 0 aromatic carbocycles. The van der Waals surface area contributed by atoms with Gasteiger partial charge in [-0.05, 0) is 30.9 Å². The molecule has 0 bridgehead atoms. The Morgan fingerprint density at radius 1 is 1.30 bits per heavy atom. The van der Waals surface area contributed by atoms with E-state index in [4.69, 9.17) is 4.42 Å². The molecule has 23 heavy (non-hydrogen) atoms. The summed E-state index contributed by atoms with van der Waals surface area (Å²) in [6, 6.07) is 2.51. The maximum Gasteiger partial charge on any atom is 0.287 e. The van der Waals surface area contributed by atoms with Crippen LogP contribution >= 0.6 is 0 Å². The van der Waals surface area contributed by atoms with E-state index in [0.29, 0.717) is 12.8 Å². The van der Waals surface area contributed by atoms with Crippen molar-refractivity contribution in [1.82, 2.24) is 10.6 Å². The summed E-state index contributed by atoms with van der Waals surface area (Å²) in [5.74, 6) is -0.594. The first kappa shape index (κ1) is 17.5. The van der Waals surface area contributed by atoms with Gasteiger partial charge in [-0.3, -0.25) is 9.59 Å². The van der Waals surface area contributed by atoms with Gasteiger partial charge in [0.2, 0.25) is 5.91 Å². The predicted molar refractivity (Wildman–Crippen MR) is 85.8 cm³/mol. The Morgan fingerprint density at radius 3 is 2.57 bits per heavy atom. The molecule has 1 heterocycles. The second-order valence-corrected chi connectivity index (χ2v) is 6.68. The molecule has 0 saturated heterocycles. The van der Waals surface area contributed by atoms with Crippen LogP contribution in [0.2, 0.25) is 0 Å². The lowest BCUT2D eigenvalue weighted by molar-refractivity contribution is -0.125. The molecule has 3 N–H and O–H groups in total. The monoisotopic (exact) mass is 322 g/mol. The topological polar surface area (TPSA) is 91.6 Å². The standard InChI is InChI=1S/C17H26N2O4/c1-12(2)14(19-15(20)13-7-6-10-23-13)16(21)18-11-17(22)8-4-3-5-9-17/h6-7,10,12,14,22H,3-5,8-9,11H2,1-2H3,(H,18,21)(H,19,20). The zero-order valence-electron chi connectivity index (χ0n) is 13.8. The molecule has 0 aliphatic heterocycles. The summed E-state index contributed by atoms with van der Waals surface area (Å²) >= 11 is 0. The predicted octanol–water partition coefficient (Wildman–Crippen LogP) is 1.85. The first-order valence-electron chi connectivity index (χ1n) is 8.26. The number of furan rings is 1. The zero-order valence-corrected chi connectivity index (χ0v) is 13.8. The Kier molecular flexibility index (Phi) is 5.82. The molecule has 1 aliphatic rings. The van der Waals surface area contributed by atoms with Gasteiger partial charge in [0.15, 0.2) is 5.76 Å². The molecule has 0 spiro atoms. The van der Waals surface area contributed by atoms with E-state index in [9.17, 15) is 14.7 Å². The van der Waals surface area contributed by atoms with Crippen LogP contribution in [0.15, 0.2) is 22.8 Å². The van der Waals surface area contributed by atoms with Crippen LogP contribution in [0.1, 0.15) is 56.5 Å². The summed E-state index contributed by atoms with van der Waals surface area (Å²) in [6.45, 7) is 3.95. The summed E-state index contributed by atoms with van der Waals surface area (Å²) in [5.41, 5.74) is -0.819. The van der Waals surface area contributed by atoms with Crippen molar-refractivity contribution in [3.8, 4) is 0 Å². The molecule has 6 nitrogen and oxygen atoms in total. The van der Waals surface area contributed by atoms with Gasteiger partial charge in [-0.2, -0.15) is 0 Å². The molecular weight excluding hydrogens is 296 g/mol. The molecule has 0 radical (unpaired) electrons. The van der Waals surface area contributed by atoms with Crippen LogP contribution < -0.4 is 10.6 Å². The molecule has 1 unspecified atom stereocenters. The van der Waals surface area contributed by atoms with E-state index < -0.39 is 17.6 Å². The van der Waals surface area contributed by atoms with Gasteiger partial charge in [-0.25, -0.2) is 0 Å². The summed E-state index contributed by atoms with van der Waals surface area (Å²) in [6.07, 6.45) is 5.92. The van der Waals surface area contributed by atoms with E-state index in [1.165, 1.54) is 6.26 Å². The fraction of sp³-hybridized carbons (Fsp3) is 0.647. The third kappa shape index (κ3) is 4.82. The van der Waals surface area contributed by atoms with Crippen LogP contribution in [0.25, 0.3) is 0 Å². The van der Waals surface area contributed by atoms with Gasteiger partial charge >= 0.3 is 0 Å². The van der Waals surface area contributed by atoms with Crippen molar-refractivity contribution in [3.05, 3.63) is 24.2 Å².